The van der Waals surface area contributed by atoms with Gasteiger partial charge in [0.15, 0.2) is 5.82 Å². The predicted octanol–water partition coefficient (Wildman–Crippen LogP) is 2.40. The SMILES string of the molecule is CC(C)COC(C)c1noc(CN2CCC(C(C)O)CC2)n1. The second kappa shape index (κ2) is 8.04. The minimum Gasteiger partial charge on any atom is -0.393 e. The predicted molar refractivity (Wildman–Crippen MR) is 83.2 cm³/mol. The van der Waals surface area contributed by atoms with E-state index in [0.29, 0.717) is 36.7 Å². The molecule has 0 amide bonds. The van der Waals surface area contributed by atoms with Crippen LogP contribution < -0.4 is 0 Å². The highest BCUT2D eigenvalue weighted by molar-refractivity contribution is 4.90. The maximum Gasteiger partial charge on any atom is 0.240 e. The molecule has 0 aliphatic carbocycles. The average molecular weight is 311 g/mol. The fraction of sp³-hybridized carbons (Fsp3) is 0.875. The van der Waals surface area contributed by atoms with Gasteiger partial charge in [-0.1, -0.05) is 19.0 Å². The fourth-order valence-corrected chi connectivity index (χ4v) is 2.69. The lowest BCUT2D eigenvalue weighted by Gasteiger charge is -2.32. The van der Waals surface area contributed by atoms with Crippen LogP contribution in [0.3, 0.4) is 0 Å². The monoisotopic (exact) mass is 311 g/mol. The summed E-state index contributed by atoms with van der Waals surface area (Å²) in [6.07, 6.45) is 1.69. The first kappa shape index (κ1) is 17.4. The van der Waals surface area contributed by atoms with E-state index in [1.807, 2.05) is 13.8 Å². The van der Waals surface area contributed by atoms with Crippen molar-refractivity contribution in [2.75, 3.05) is 19.7 Å². The summed E-state index contributed by atoms with van der Waals surface area (Å²) >= 11 is 0. The summed E-state index contributed by atoms with van der Waals surface area (Å²) in [4.78, 5) is 6.74. The van der Waals surface area contributed by atoms with E-state index in [0.717, 1.165) is 25.9 Å². The standard InChI is InChI=1S/C16H29N3O3/c1-11(2)10-21-13(4)16-17-15(22-18-16)9-19-7-5-14(6-8-19)12(3)20/h11-14,20H,5-10H2,1-4H3. The van der Waals surface area contributed by atoms with Gasteiger partial charge in [0, 0.05) is 6.61 Å². The lowest BCUT2D eigenvalue weighted by Crippen LogP contribution is -2.36. The van der Waals surface area contributed by atoms with Crippen molar-refractivity contribution < 1.29 is 14.4 Å². The summed E-state index contributed by atoms with van der Waals surface area (Å²) < 4.78 is 11.0. The molecule has 1 fully saturated rings. The number of rotatable bonds is 7. The van der Waals surface area contributed by atoms with Crippen LogP contribution >= 0.6 is 0 Å². The number of aliphatic hydroxyl groups is 1. The quantitative estimate of drug-likeness (QED) is 0.833. The summed E-state index contributed by atoms with van der Waals surface area (Å²) in [6.45, 7) is 11.4. The van der Waals surface area contributed by atoms with Gasteiger partial charge >= 0.3 is 0 Å². The first-order chi connectivity index (χ1) is 10.5. The topological polar surface area (TPSA) is 71.6 Å². The van der Waals surface area contributed by atoms with Gasteiger partial charge in [-0.25, -0.2) is 0 Å². The number of likely N-dealkylation sites (tertiary alicyclic amines) is 1. The molecule has 1 saturated heterocycles. The summed E-state index contributed by atoms with van der Waals surface area (Å²) in [6, 6.07) is 0. The molecule has 2 unspecified atom stereocenters. The number of hydrogen-bond donors (Lipinski definition) is 1. The third-order valence-corrected chi connectivity index (χ3v) is 4.20. The van der Waals surface area contributed by atoms with Crippen LogP contribution in [0.4, 0.5) is 0 Å². The van der Waals surface area contributed by atoms with Crippen molar-refractivity contribution in [3.8, 4) is 0 Å². The second-order valence-corrected chi connectivity index (χ2v) is 6.77. The van der Waals surface area contributed by atoms with Gasteiger partial charge in [0.2, 0.25) is 5.89 Å². The number of ether oxygens (including phenoxy) is 1. The molecule has 1 aromatic rings. The van der Waals surface area contributed by atoms with Crippen LogP contribution in [0.1, 0.15) is 58.4 Å². The molecule has 2 atom stereocenters. The molecule has 2 heterocycles. The molecule has 0 spiro atoms. The highest BCUT2D eigenvalue weighted by Crippen LogP contribution is 2.22. The molecule has 1 aromatic heterocycles. The zero-order chi connectivity index (χ0) is 16.1. The molecule has 0 radical (unpaired) electrons. The molecule has 1 aliphatic heterocycles. The van der Waals surface area contributed by atoms with Crippen LogP contribution in [0.5, 0.6) is 0 Å². The molecule has 22 heavy (non-hydrogen) atoms. The van der Waals surface area contributed by atoms with E-state index < -0.39 is 0 Å². The number of nitrogens with zero attached hydrogens (tertiary/aromatic N) is 3. The van der Waals surface area contributed by atoms with Gasteiger partial charge in [0.1, 0.15) is 6.10 Å². The minimum atomic E-state index is -0.212. The van der Waals surface area contributed by atoms with Crippen molar-refractivity contribution in [1.82, 2.24) is 15.0 Å². The van der Waals surface area contributed by atoms with Crippen LogP contribution in [0.2, 0.25) is 0 Å². The Morgan fingerprint density at radius 2 is 1.95 bits per heavy atom. The first-order valence-electron chi connectivity index (χ1n) is 8.30. The van der Waals surface area contributed by atoms with E-state index >= 15 is 0 Å². The van der Waals surface area contributed by atoms with E-state index in [1.54, 1.807) is 0 Å². The Kier molecular flexibility index (Phi) is 6.35. The Morgan fingerprint density at radius 1 is 1.27 bits per heavy atom. The molecular weight excluding hydrogens is 282 g/mol. The zero-order valence-electron chi connectivity index (χ0n) is 14.2. The van der Waals surface area contributed by atoms with Crippen molar-refractivity contribution in [3.63, 3.8) is 0 Å². The second-order valence-electron chi connectivity index (χ2n) is 6.77. The maximum absolute atomic E-state index is 9.63. The van der Waals surface area contributed by atoms with Crippen LogP contribution in [0.15, 0.2) is 4.52 Å². The summed E-state index contributed by atoms with van der Waals surface area (Å²) in [5, 5.41) is 13.7. The Bertz CT molecular complexity index is 440. The van der Waals surface area contributed by atoms with Gasteiger partial charge in [0.05, 0.1) is 12.6 Å². The van der Waals surface area contributed by atoms with Gasteiger partial charge in [-0.2, -0.15) is 4.98 Å². The van der Waals surface area contributed by atoms with Crippen molar-refractivity contribution in [2.24, 2.45) is 11.8 Å². The van der Waals surface area contributed by atoms with Gasteiger partial charge in [-0.3, -0.25) is 4.90 Å². The van der Waals surface area contributed by atoms with Crippen LogP contribution in [-0.4, -0.2) is 45.9 Å². The molecule has 1 aliphatic rings. The van der Waals surface area contributed by atoms with Crippen LogP contribution in [-0.2, 0) is 11.3 Å². The Hall–Kier alpha value is -0.980. The molecule has 6 heteroatoms. The summed E-state index contributed by atoms with van der Waals surface area (Å²) in [5.41, 5.74) is 0. The summed E-state index contributed by atoms with van der Waals surface area (Å²) in [5.74, 6) is 2.17. The number of piperidine rings is 1. The van der Waals surface area contributed by atoms with E-state index in [2.05, 4.69) is 28.9 Å². The fourth-order valence-electron chi connectivity index (χ4n) is 2.69. The molecule has 0 saturated carbocycles. The van der Waals surface area contributed by atoms with E-state index in [9.17, 15) is 5.11 Å². The third kappa shape index (κ3) is 5.04. The highest BCUT2D eigenvalue weighted by Gasteiger charge is 2.24. The van der Waals surface area contributed by atoms with Gasteiger partial charge in [-0.05, 0) is 51.6 Å². The van der Waals surface area contributed by atoms with E-state index in [-0.39, 0.29) is 12.2 Å². The highest BCUT2D eigenvalue weighted by atomic mass is 16.5. The van der Waals surface area contributed by atoms with Crippen LogP contribution in [0.25, 0.3) is 0 Å². The molecule has 0 aromatic carbocycles. The largest absolute Gasteiger partial charge is 0.393 e. The number of aliphatic hydroxyl groups excluding tert-OH is 1. The number of hydrogen-bond acceptors (Lipinski definition) is 6. The maximum atomic E-state index is 9.63. The molecule has 2 rings (SSSR count). The normalized spacial score (nSPS) is 20.5. The smallest absolute Gasteiger partial charge is 0.240 e. The van der Waals surface area contributed by atoms with E-state index in [1.165, 1.54) is 0 Å². The molecule has 1 N–H and O–H groups in total. The first-order valence-corrected chi connectivity index (χ1v) is 8.30. The van der Waals surface area contributed by atoms with Crippen molar-refractivity contribution in [2.45, 2.75) is 59.3 Å². The number of aromatic nitrogens is 2. The average Bonchev–Trinajstić information content (AvgIpc) is 2.94. The Labute approximate surface area is 132 Å². The van der Waals surface area contributed by atoms with Gasteiger partial charge in [0.25, 0.3) is 0 Å². The van der Waals surface area contributed by atoms with Crippen LogP contribution in [0, 0.1) is 11.8 Å². The molecular formula is C16H29N3O3. The minimum absolute atomic E-state index is 0.138. The molecule has 6 nitrogen and oxygen atoms in total. The third-order valence-electron chi connectivity index (χ3n) is 4.20. The lowest BCUT2D eigenvalue weighted by molar-refractivity contribution is 0.0402. The van der Waals surface area contributed by atoms with Crippen molar-refractivity contribution in [3.05, 3.63) is 11.7 Å². The Morgan fingerprint density at radius 3 is 2.55 bits per heavy atom. The van der Waals surface area contributed by atoms with Gasteiger partial charge in [-0.15, -0.1) is 0 Å². The lowest BCUT2D eigenvalue weighted by atomic mass is 9.92. The molecule has 126 valence electrons. The van der Waals surface area contributed by atoms with Crippen molar-refractivity contribution in [1.29, 1.82) is 0 Å². The zero-order valence-corrected chi connectivity index (χ0v) is 14.2. The summed E-state index contributed by atoms with van der Waals surface area (Å²) in [7, 11) is 0. The van der Waals surface area contributed by atoms with Crippen molar-refractivity contribution >= 4 is 0 Å². The van der Waals surface area contributed by atoms with E-state index in [4.69, 9.17) is 9.26 Å². The van der Waals surface area contributed by atoms with Gasteiger partial charge < -0.3 is 14.4 Å². The Balaban J connectivity index is 1.80. The molecule has 0 bridgehead atoms.